The standard InChI is InChI=1S/C17H16FNO3/c1-9-5-7-12(8-6-9)15-13(17(21)22-4)10(2)19-16(18)14(15)11(3)20/h5-8H,1-4H3. The molecule has 0 bridgehead atoms. The molecule has 0 unspecified atom stereocenters. The molecule has 5 heteroatoms. The fraction of sp³-hybridized carbons (Fsp3) is 0.235. The van der Waals surface area contributed by atoms with Crippen LogP contribution in [0.25, 0.3) is 11.1 Å². The molecule has 1 aromatic carbocycles. The van der Waals surface area contributed by atoms with Crippen LogP contribution in [0.5, 0.6) is 0 Å². The molecule has 0 saturated carbocycles. The summed E-state index contributed by atoms with van der Waals surface area (Å²) in [6, 6.07) is 7.13. The van der Waals surface area contributed by atoms with E-state index in [9.17, 15) is 14.0 Å². The van der Waals surface area contributed by atoms with E-state index in [1.54, 1.807) is 12.1 Å². The minimum Gasteiger partial charge on any atom is -0.465 e. The fourth-order valence-corrected chi connectivity index (χ4v) is 2.35. The van der Waals surface area contributed by atoms with Crippen LogP contribution < -0.4 is 0 Å². The highest BCUT2D eigenvalue weighted by atomic mass is 19.1. The Bertz CT molecular complexity index is 751. The van der Waals surface area contributed by atoms with Crippen LogP contribution in [0.1, 0.15) is 38.9 Å². The number of benzene rings is 1. The molecule has 4 nitrogen and oxygen atoms in total. The van der Waals surface area contributed by atoms with Gasteiger partial charge in [0.2, 0.25) is 5.95 Å². The van der Waals surface area contributed by atoms with Gasteiger partial charge in [-0.15, -0.1) is 0 Å². The first-order chi connectivity index (χ1) is 10.4. The molecule has 0 atom stereocenters. The van der Waals surface area contributed by atoms with Gasteiger partial charge in [0.1, 0.15) is 0 Å². The first-order valence-corrected chi connectivity index (χ1v) is 6.73. The lowest BCUT2D eigenvalue weighted by Gasteiger charge is -2.15. The highest BCUT2D eigenvalue weighted by molar-refractivity contribution is 6.08. The predicted molar refractivity (Wildman–Crippen MR) is 80.4 cm³/mol. The molecule has 0 N–H and O–H groups in total. The number of aromatic nitrogens is 1. The third-order valence-electron chi connectivity index (χ3n) is 3.42. The summed E-state index contributed by atoms with van der Waals surface area (Å²) in [6.07, 6.45) is 0. The first-order valence-electron chi connectivity index (χ1n) is 6.73. The van der Waals surface area contributed by atoms with Crippen molar-refractivity contribution in [2.75, 3.05) is 7.11 Å². The van der Waals surface area contributed by atoms with Gasteiger partial charge in [-0.2, -0.15) is 4.39 Å². The summed E-state index contributed by atoms with van der Waals surface area (Å²) in [7, 11) is 1.23. The normalized spacial score (nSPS) is 10.4. The lowest BCUT2D eigenvalue weighted by molar-refractivity contribution is 0.0600. The number of carbonyl (C=O) groups is 2. The number of aryl methyl sites for hydroxylation is 2. The summed E-state index contributed by atoms with van der Waals surface area (Å²) < 4.78 is 19.0. The molecule has 0 amide bonds. The van der Waals surface area contributed by atoms with Crippen LogP contribution in [0.3, 0.4) is 0 Å². The zero-order chi connectivity index (χ0) is 16.4. The number of carbonyl (C=O) groups excluding carboxylic acids is 2. The van der Waals surface area contributed by atoms with Gasteiger partial charge in [0, 0.05) is 5.56 Å². The van der Waals surface area contributed by atoms with E-state index in [1.165, 1.54) is 21.0 Å². The zero-order valence-electron chi connectivity index (χ0n) is 12.9. The van der Waals surface area contributed by atoms with Gasteiger partial charge in [0.15, 0.2) is 5.78 Å². The lowest BCUT2D eigenvalue weighted by Crippen LogP contribution is -2.14. The molecule has 114 valence electrons. The van der Waals surface area contributed by atoms with Crippen molar-refractivity contribution in [2.45, 2.75) is 20.8 Å². The SMILES string of the molecule is COC(=O)c1c(C)nc(F)c(C(C)=O)c1-c1ccc(C)cc1. The number of halogens is 1. The topological polar surface area (TPSA) is 56.3 Å². The minimum absolute atomic E-state index is 0.109. The number of esters is 1. The van der Waals surface area contributed by atoms with Crippen LogP contribution in [0.4, 0.5) is 4.39 Å². The Morgan fingerprint density at radius 1 is 1.09 bits per heavy atom. The smallest absolute Gasteiger partial charge is 0.340 e. The molecule has 0 aliphatic heterocycles. The van der Waals surface area contributed by atoms with Crippen molar-refractivity contribution < 1.29 is 18.7 Å². The second kappa shape index (κ2) is 6.05. The van der Waals surface area contributed by atoms with E-state index in [4.69, 9.17) is 4.74 Å². The molecule has 22 heavy (non-hydrogen) atoms. The van der Waals surface area contributed by atoms with E-state index in [0.29, 0.717) is 5.56 Å². The molecule has 1 aromatic heterocycles. The number of hydrogen-bond acceptors (Lipinski definition) is 4. The van der Waals surface area contributed by atoms with Crippen molar-refractivity contribution in [1.29, 1.82) is 0 Å². The molecule has 0 fully saturated rings. The second-order valence-corrected chi connectivity index (χ2v) is 5.03. The zero-order valence-corrected chi connectivity index (χ0v) is 12.9. The molecular weight excluding hydrogens is 285 g/mol. The van der Waals surface area contributed by atoms with Crippen LogP contribution >= 0.6 is 0 Å². The molecule has 0 saturated heterocycles. The maximum Gasteiger partial charge on any atom is 0.340 e. The molecule has 1 heterocycles. The van der Waals surface area contributed by atoms with Gasteiger partial charge in [0.25, 0.3) is 0 Å². The third kappa shape index (κ3) is 2.74. The van der Waals surface area contributed by atoms with Gasteiger partial charge >= 0.3 is 5.97 Å². The summed E-state index contributed by atoms with van der Waals surface area (Å²) in [4.78, 5) is 27.6. The van der Waals surface area contributed by atoms with Gasteiger partial charge in [-0.25, -0.2) is 9.78 Å². The van der Waals surface area contributed by atoms with E-state index in [1.807, 2.05) is 19.1 Å². The quantitative estimate of drug-likeness (QED) is 0.494. The number of nitrogens with zero attached hydrogens (tertiary/aromatic N) is 1. The van der Waals surface area contributed by atoms with Gasteiger partial charge in [-0.1, -0.05) is 29.8 Å². The highest BCUT2D eigenvalue weighted by Crippen LogP contribution is 2.32. The molecule has 2 aromatic rings. The summed E-state index contributed by atoms with van der Waals surface area (Å²) in [5.41, 5.74) is 1.90. The number of ketones is 1. The minimum atomic E-state index is -0.881. The Hall–Kier alpha value is -2.56. The van der Waals surface area contributed by atoms with Crippen LogP contribution in [0.15, 0.2) is 24.3 Å². The number of methoxy groups -OCH3 is 1. The van der Waals surface area contributed by atoms with Gasteiger partial charge in [-0.3, -0.25) is 4.79 Å². The molecule has 0 aliphatic carbocycles. The summed E-state index contributed by atoms with van der Waals surface area (Å²) in [6.45, 7) is 4.67. The van der Waals surface area contributed by atoms with Gasteiger partial charge < -0.3 is 4.74 Å². The monoisotopic (exact) mass is 301 g/mol. The lowest BCUT2D eigenvalue weighted by atomic mass is 9.92. The Morgan fingerprint density at radius 2 is 1.68 bits per heavy atom. The summed E-state index contributed by atoms with van der Waals surface area (Å²) in [5.74, 6) is -2.03. The fourth-order valence-electron chi connectivity index (χ4n) is 2.35. The van der Waals surface area contributed by atoms with E-state index < -0.39 is 17.7 Å². The summed E-state index contributed by atoms with van der Waals surface area (Å²) in [5, 5.41) is 0. The van der Waals surface area contributed by atoms with Crippen molar-refractivity contribution in [3.05, 3.63) is 52.6 Å². The molecule has 0 radical (unpaired) electrons. The van der Waals surface area contributed by atoms with Crippen LogP contribution in [0.2, 0.25) is 0 Å². The maximum atomic E-state index is 14.2. The van der Waals surface area contributed by atoms with E-state index >= 15 is 0 Å². The molecule has 0 spiro atoms. The Morgan fingerprint density at radius 3 is 2.18 bits per heavy atom. The number of Topliss-reactive ketones (excluding diaryl/α,β-unsaturated/α-hetero) is 1. The van der Waals surface area contributed by atoms with Crippen LogP contribution in [-0.2, 0) is 4.74 Å². The van der Waals surface area contributed by atoms with Crippen molar-refractivity contribution >= 4 is 11.8 Å². The van der Waals surface area contributed by atoms with Gasteiger partial charge in [0.05, 0.1) is 23.9 Å². The molecular formula is C17H16FNO3. The van der Waals surface area contributed by atoms with Crippen molar-refractivity contribution in [3.8, 4) is 11.1 Å². The number of pyridine rings is 1. The predicted octanol–water partition coefficient (Wildman–Crippen LogP) is 3.49. The molecule has 0 aliphatic rings. The third-order valence-corrected chi connectivity index (χ3v) is 3.42. The van der Waals surface area contributed by atoms with Crippen LogP contribution in [-0.4, -0.2) is 23.8 Å². The van der Waals surface area contributed by atoms with Crippen molar-refractivity contribution in [3.63, 3.8) is 0 Å². The number of hydrogen-bond donors (Lipinski definition) is 0. The van der Waals surface area contributed by atoms with Crippen molar-refractivity contribution in [2.24, 2.45) is 0 Å². The maximum absolute atomic E-state index is 14.2. The Kier molecular flexibility index (Phi) is 4.35. The van der Waals surface area contributed by atoms with Crippen LogP contribution in [0, 0.1) is 19.8 Å². The number of ether oxygens (including phenoxy) is 1. The Balaban J connectivity index is 2.90. The first kappa shape index (κ1) is 15.8. The highest BCUT2D eigenvalue weighted by Gasteiger charge is 2.26. The Labute approximate surface area is 127 Å². The number of rotatable bonds is 3. The van der Waals surface area contributed by atoms with E-state index in [-0.39, 0.29) is 22.4 Å². The van der Waals surface area contributed by atoms with E-state index in [2.05, 4.69) is 4.98 Å². The summed E-state index contributed by atoms with van der Waals surface area (Å²) >= 11 is 0. The van der Waals surface area contributed by atoms with Gasteiger partial charge in [-0.05, 0) is 26.3 Å². The van der Waals surface area contributed by atoms with Crippen molar-refractivity contribution in [1.82, 2.24) is 4.98 Å². The second-order valence-electron chi connectivity index (χ2n) is 5.03. The average Bonchev–Trinajstić information content (AvgIpc) is 2.46. The van der Waals surface area contributed by atoms with E-state index in [0.717, 1.165) is 5.56 Å². The average molecular weight is 301 g/mol. The largest absolute Gasteiger partial charge is 0.465 e. The molecule has 2 rings (SSSR count).